The van der Waals surface area contributed by atoms with E-state index in [0.29, 0.717) is 18.6 Å². The molecule has 4 aromatic rings. The summed E-state index contributed by atoms with van der Waals surface area (Å²) in [6.45, 7) is 0.497. The van der Waals surface area contributed by atoms with E-state index in [1.54, 1.807) is 10.7 Å². The molecule has 3 N–H and O–H groups in total. The zero-order valence-electron chi connectivity index (χ0n) is 16.0. The third-order valence-corrected chi connectivity index (χ3v) is 5.42. The van der Waals surface area contributed by atoms with Gasteiger partial charge in [0.05, 0.1) is 31.2 Å². The molecule has 29 heavy (non-hydrogen) atoms. The first-order valence-corrected chi connectivity index (χ1v) is 9.94. The highest BCUT2D eigenvalue weighted by molar-refractivity contribution is 5.92. The van der Waals surface area contributed by atoms with Gasteiger partial charge in [-0.1, -0.05) is 0 Å². The smallest absolute Gasteiger partial charge is 0.224 e. The second kappa shape index (κ2) is 7.76. The molecule has 9 nitrogen and oxygen atoms in total. The fourth-order valence-electron chi connectivity index (χ4n) is 3.93. The fraction of sp³-hybridized carbons (Fsp3) is 0.400. The molecule has 1 saturated carbocycles. The Hall–Kier alpha value is -3.04. The number of aliphatic hydroxyl groups excluding tert-OH is 1. The number of hydrogen-bond donors (Lipinski definition) is 3. The van der Waals surface area contributed by atoms with Gasteiger partial charge in [-0.05, 0) is 31.7 Å². The number of rotatable bonds is 6. The van der Waals surface area contributed by atoms with Crippen LogP contribution in [0.15, 0.2) is 36.9 Å². The summed E-state index contributed by atoms with van der Waals surface area (Å²) in [5, 5.41) is 17.4. The zero-order valence-corrected chi connectivity index (χ0v) is 16.0. The molecule has 5 rings (SSSR count). The SMILES string of the molecule is OCCO[C@H]1CC[C@@H](Nc2ncc3c(-c4ccn5nccc5n4)c[nH]c3n2)CC1. The van der Waals surface area contributed by atoms with Crippen LogP contribution >= 0.6 is 0 Å². The summed E-state index contributed by atoms with van der Waals surface area (Å²) in [5.41, 5.74) is 3.41. The Morgan fingerprint density at radius 2 is 2.10 bits per heavy atom. The first kappa shape index (κ1) is 18.0. The summed E-state index contributed by atoms with van der Waals surface area (Å²) >= 11 is 0. The topological polar surface area (TPSA) is 113 Å². The number of nitrogens with zero attached hydrogens (tertiary/aromatic N) is 5. The lowest BCUT2D eigenvalue weighted by molar-refractivity contribution is 0.00719. The molecule has 4 aromatic heterocycles. The van der Waals surface area contributed by atoms with Crippen LogP contribution in [0.25, 0.3) is 27.9 Å². The van der Waals surface area contributed by atoms with Crippen molar-refractivity contribution < 1.29 is 9.84 Å². The normalized spacial score (nSPS) is 19.8. The van der Waals surface area contributed by atoms with Crippen molar-refractivity contribution in [2.24, 2.45) is 0 Å². The number of hydrogen-bond acceptors (Lipinski definition) is 7. The molecule has 0 atom stereocenters. The van der Waals surface area contributed by atoms with Crippen molar-refractivity contribution in [3.63, 3.8) is 0 Å². The number of fused-ring (bicyclic) bond motifs is 2. The molecule has 1 fully saturated rings. The van der Waals surface area contributed by atoms with Crippen LogP contribution in [-0.4, -0.2) is 60.0 Å². The number of ether oxygens (including phenoxy) is 1. The number of nitrogens with one attached hydrogen (secondary N) is 2. The lowest BCUT2D eigenvalue weighted by Gasteiger charge is -2.28. The van der Waals surface area contributed by atoms with Crippen molar-refractivity contribution in [2.45, 2.75) is 37.8 Å². The van der Waals surface area contributed by atoms with Crippen LogP contribution < -0.4 is 5.32 Å². The van der Waals surface area contributed by atoms with Gasteiger partial charge in [-0.25, -0.2) is 14.5 Å². The maximum Gasteiger partial charge on any atom is 0.224 e. The predicted molar refractivity (Wildman–Crippen MR) is 109 cm³/mol. The van der Waals surface area contributed by atoms with Gasteiger partial charge in [0.25, 0.3) is 0 Å². The largest absolute Gasteiger partial charge is 0.394 e. The molecule has 150 valence electrons. The second-order valence-electron chi connectivity index (χ2n) is 7.32. The van der Waals surface area contributed by atoms with Gasteiger partial charge in [-0.15, -0.1) is 0 Å². The van der Waals surface area contributed by atoms with Crippen molar-refractivity contribution in [1.29, 1.82) is 0 Å². The van der Waals surface area contributed by atoms with Gasteiger partial charge < -0.3 is 20.1 Å². The Morgan fingerprint density at radius 1 is 1.21 bits per heavy atom. The molecule has 4 heterocycles. The van der Waals surface area contributed by atoms with Gasteiger partial charge in [0.15, 0.2) is 5.65 Å². The van der Waals surface area contributed by atoms with Crippen LogP contribution in [0.5, 0.6) is 0 Å². The van der Waals surface area contributed by atoms with Gasteiger partial charge >= 0.3 is 0 Å². The Labute approximate surface area is 167 Å². The predicted octanol–water partition coefficient (Wildman–Crippen LogP) is 2.40. The molecule has 0 aromatic carbocycles. The number of anilines is 1. The molecule has 0 unspecified atom stereocenters. The summed E-state index contributed by atoms with van der Waals surface area (Å²) in [6.07, 6.45) is 11.6. The van der Waals surface area contributed by atoms with Crippen molar-refractivity contribution >= 4 is 22.6 Å². The molecular formula is C20H23N7O2. The molecular weight excluding hydrogens is 370 g/mol. The molecule has 0 aliphatic heterocycles. The van der Waals surface area contributed by atoms with E-state index >= 15 is 0 Å². The van der Waals surface area contributed by atoms with E-state index in [4.69, 9.17) is 9.84 Å². The molecule has 0 spiro atoms. The first-order chi connectivity index (χ1) is 14.3. The van der Waals surface area contributed by atoms with E-state index in [9.17, 15) is 0 Å². The summed E-state index contributed by atoms with van der Waals surface area (Å²) in [6, 6.07) is 4.15. The van der Waals surface area contributed by atoms with E-state index in [2.05, 4.69) is 30.4 Å². The third kappa shape index (κ3) is 3.66. The maximum absolute atomic E-state index is 8.88. The molecule has 1 aliphatic rings. The first-order valence-electron chi connectivity index (χ1n) is 9.94. The van der Waals surface area contributed by atoms with Crippen molar-refractivity contribution in [1.82, 2.24) is 29.5 Å². The number of aromatic nitrogens is 6. The van der Waals surface area contributed by atoms with E-state index in [1.165, 1.54) is 0 Å². The van der Waals surface area contributed by atoms with E-state index in [1.807, 2.05) is 30.7 Å². The maximum atomic E-state index is 8.88. The standard InChI is InChI=1S/C20H23N7O2/c28-9-10-29-14-3-1-13(2-4-14)24-20-22-12-16-15(11-21-19(16)26-20)17-6-8-27-18(25-17)5-7-23-27/h5-8,11-14,28H,1-4,9-10H2,(H2,21,22,24,26)/t13-,14+. The summed E-state index contributed by atoms with van der Waals surface area (Å²) in [7, 11) is 0. The Kier molecular flexibility index (Phi) is 4.82. The number of aromatic amines is 1. The average Bonchev–Trinajstić information content (AvgIpc) is 3.39. The monoisotopic (exact) mass is 393 g/mol. The molecule has 0 saturated heterocycles. The van der Waals surface area contributed by atoms with Crippen LogP contribution in [-0.2, 0) is 4.74 Å². The molecule has 0 bridgehead atoms. The van der Waals surface area contributed by atoms with Crippen LogP contribution in [0.4, 0.5) is 5.95 Å². The van der Waals surface area contributed by atoms with Crippen molar-refractivity contribution in [3.05, 3.63) is 36.9 Å². The number of aliphatic hydroxyl groups is 1. The zero-order chi connectivity index (χ0) is 19.6. The van der Waals surface area contributed by atoms with E-state index in [0.717, 1.165) is 53.6 Å². The minimum absolute atomic E-state index is 0.0794. The Balaban J connectivity index is 1.30. The summed E-state index contributed by atoms with van der Waals surface area (Å²) in [5.74, 6) is 0.629. The van der Waals surface area contributed by atoms with Crippen LogP contribution in [0, 0.1) is 0 Å². The van der Waals surface area contributed by atoms with Crippen LogP contribution in [0.2, 0.25) is 0 Å². The average molecular weight is 393 g/mol. The summed E-state index contributed by atoms with van der Waals surface area (Å²) in [4.78, 5) is 17.1. The quantitative estimate of drug-likeness (QED) is 0.461. The third-order valence-electron chi connectivity index (χ3n) is 5.42. The minimum atomic E-state index is 0.0794. The lowest BCUT2D eigenvalue weighted by atomic mass is 9.93. The minimum Gasteiger partial charge on any atom is -0.394 e. The van der Waals surface area contributed by atoms with E-state index in [-0.39, 0.29) is 12.7 Å². The van der Waals surface area contributed by atoms with Gasteiger partial charge in [-0.2, -0.15) is 10.1 Å². The highest BCUT2D eigenvalue weighted by atomic mass is 16.5. The summed E-state index contributed by atoms with van der Waals surface area (Å²) < 4.78 is 7.37. The molecule has 9 heteroatoms. The molecule has 0 amide bonds. The van der Waals surface area contributed by atoms with Gasteiger partial charge in [0, 0.05) is 41.6 Å². The van der Waals surface area contributed by atoms with Crippen molar-refractivity contribution in [2.75, 3.05) is 18.5 Å². The van der Waals surface area contributed by atoms with Gasteiger partial charge in [-0.3, -0.25) is 0 Å². The number of H-pyrrole nitrogens is 1. The van der Waals surface area contributed by atoms with Crippen molar-refractivity contribution in [3.8, 4) is 11.3 Å². The Morgan fingerprint density at radius 3 is 2.97 bits per heavy atom. The lowest BCUT2D eigenvalue weighted by Crippen LogP contribution is -2.30. The second-order valence-corrected chi connectivity index (χ2v) is 7.32. The highest BCUT2D eigenvalue weighted by Gasteiger charge is 2.22. The van der Waals surface area contributed by atoms with Gasteiger partial charge in [0.2, 0.25) is 5.95 Å². The molecule has 1 aliphatic carbocycles. The van der Waals surface area contributed by atoms with Crippen LogP contribution in [0.1, 0.15) is 25.7 Å². The molecule has 0 radical (unpaired) electrons. The van der Waals surface area contributed by atoms with E-state index < -0.39 is 0 Å². The Bertz CT molecular complexity index is 1110. The fourth-order valence-corrected chi connectivity index (χ4v) is 3.93. The highest BCUT2D eigenvalue weighted by Crippen LogP contribution is 2.28. The van der Waals surface area contributed by atoms with Gasteiger partial charge in [0.1, 0.15) is 5.65 Å². The van der Waals surface area contributed by atoms with Crippen LogP contribution in [0.3, 0.4) is 0 Å².